The van der Waals surface area contributed by atoms with Gasteiger partial charge in [0.1, 0.15) is 23.6 Å². The summed E-state index contributed by atoms with van der Waals surface area (Å²) in [6.07, 6.45) is 13.8. The van der Waals surface area contributed by atoms with Crippen LogP contribution < -0.4 is 20.7 Å². The first-order chi connectivity index (χ1) is 17.3. The summed E-state index contributed by atoms with van der Waals surface area (Å²) in [6, 6.07) is 4.18. The summed E-state index contributed by atoms with van der Waals surface area (Å²) >= 11 is 5.70. The van der Waals surface area contributed by atoms with E-state index >= 15 is 0 Å². The number of benzene rings is 1. The lowest BCUT2D eigenvalue weighted by molar-refractivity contribution is -0.146. The Morgan fingerprint density at radius 2 is 1.92 bits per heavy atom. The molecule has 36 heavy (non-hydrogen) atoms. The summed E-state index contributed by atoms with van der Waals surface area (Å²) in [5, 5.41) is 11.1. The van der Waals surface area contributed by atoms with Gasteiger partial charge in [0.05, 0.1) is 10.7 Å². The SMILES string of the molecule is Cc1cn2c(n1)C(NC13CC(NC(=O)COc4ccc(Cl)c(F)c4)(C1)C3)NC1(CCCCCCC1)C2. The van der Waals surface area contributed by atoms with Crippen molar-refractivity contribution in [1.82, 2.24) is 25.5 Å². The summed E-state index contributed by atoms with van der Waals surface area (Å²) in [7, 11) is 0. The van der Waals surface area contributed by atoms with Gasteiger partial charge in [-0.2, -0.15) is 0 Å². The molecule has 1 spiro atoms. The van der Waals surface area contributed by atoms with Crippen LogP contribution in [0.3, 0.4) is 0 Å². The second-order valence-electron chi connectivity index (χ2n) is 11.6. The van der Waals surface area contributed by atoms with Crippen molar-refractivity contribution in [1.29, 1.82) is 0 Å². The number of aromatic nitrogens is 2. The number of nitrogens with zero attached hydrogens (tertiary/aromatic N) is 2. The number of hydrogen-bond acceptors (Lipinski definition) is 5. The zero-order valence-corrected chi connectivity index (χ0v) is 21.6. The topological polar surface area (TPSA) is 80.2 Å². The summed E-state index contributed by atoms with van der Waals surface area (Å²) in [5.74, 6) is 0.621. The minimum Gasteiger partial charge on any atom is -0.484 e. The number of rotatable bonds is 6. The molecule has 1 aromatic carbocycles. The van der Waals surface area contributed by atoms with Crippen molar-refractivity contribution in [3.63, 3.8) is 0 Å². The predicted molar refractivity (Wildman–Crippen MR) is 135 cm³/mol. The van der Waals surface area contributed by atoms with E-state index in [2.05, 4.69) is 33.6 Å². The lowest BCUT2D eigenvalue weighted by Crippen LogP contribution is -2.84. The van der Waals surface area contributed by atoms with Crippen molar-refractivity contribution in [2.24, 2.45) is 0 Å². The smallest absolute Gasteiger partial charge is 0.258 e. The minimum atomic E-state index is -0.560. The van der Waals surface area contributed by atoms with E-state index in [-0.39, 0.29) is 40.3 Å². The van der Waals surface area contributed by atoms with Crippen LogP contribution in [-0.4, -0.2) is 38.7 Å². The molecule has 1 amide bonds. The standard InChI is InChI=1S/C27H35ClFN5O2/c1-18-12-34-17-25(9-5-3-2-4-6-10-25)32-23(24(34)30-18)33-27-14-26(15-27,16-27)31-22(35)13-36-19-7-8-20(28)21(29)11-19/h7-8,11-12,23,32-33H,2-6,9-10,13-17H2,1H3,(H,31,35). The van der Waals surface area contributed by atoms with Crippen molar-refractivity contribution in [3.8, 4) is 5.75 Å². The van der Waals surface area contributed by atoms with E-state index in [9.17, 15) is 9.18 Å². The highest BCUT2D eigenvalue weighted by Gasteiger charge is 2.69. The Hall–Kier alpha value is -2.16. The van der Waals surface area contributed by atoms with Gasteiger partial charge >= 0.3 is 0 Å². The maximum atomic E-state index is 13.6. The molecule has 2 bridgehead atoms. The van der Waals surface area contributed by atoms with Gasteiger partial charge in [0, 0.05) is 35.4 Å². The molecule has 1 aliphatic heterocycles. The van der Waals surface area contributed by atoms with Crippen molar-refractivity contribution in [2.45, 2.75) is 100 Å². The van der Waals surface area contributed by atoms with E-state index in [1.54, 1.807) is 6.07 Å². The summed E-state index contributed by atoms with van der Waals surface area (Å²) in [5.41, 5.74) is 1.03. The van der Waals surface area contributed by atoms with E-state index in [4.69, 9.17) is 21.3 Å². The first-order valence-corrected chi connectivity index (χ1v) is 13.6. The predicted octanol–water partition coefficient (Wildman–Crippen LogP) is 4.53. The summed E-state index contributed by atoms with van der Waals surface area (Å²) in [6.45, 7) is 2.91. The Kier molecular flexibility index (Phi) is 6.04. The number of ether oxygens (including phenoxy) is 1. The number of hydrogen-bond donors (Lipinski definition) is 3. The van der Waals surface area contributed by atoms with E-state index in [0.29, 0.717) is 5.75 Å². The highest BCUT2D eigenvalue weighted by Crippen LogP contribution is 2.61. The lowest BCUT2D eigenvalue weighted by Gasteiger charge is -2.71. The average Bonchev–Trinajstić information content (AvgIpc) is 3.15. The molecule has 0 radical (unpaired) electrons. The van der Waals surface area contributed by atoms with Crippen molar-refractivity contribution >= 4 is 17.5 Å². The molecule has 0 saturated heterocycles. The fourth-order valence-corrected chi connectivity index (χ4v) is 7.19. The van der Waals surface area contributed by atoms with Crippen LogP contribution in [0.25, 0.3) is 0 Å². The van der Waals surface area contributed by atoms with Gasteiger partial charge in [-0.25, -0.2) is 9.37 Å². The summed E-state index contributed by atoms with van der Waals surface area (Å²) < 4.78 is 21.4. The highest BCUT2D eigenvalue weighted by atomic mass is 35.5. The molecule has 7 rings (SSSR count). The maximum absolute atomic E-state index is 13.6. The fourth-order valence-electron chi connectivity index (χ4n) is 7.08. The van der Waals surface area contributed by atoms with Crippen LogP contribution in [0.1, 0.15) is 81.9 Å². The average molecular weight is 516 g/mol. The Morgan fingerprint density at radius 1 is 1.19 bits per heavy atom. The third-order valence-corrected chi connectivity index (χ3v) is 8.87. The molecule has 1 unspecified atom stereocenters. The zero-order valence-electron chi connectivity index (χ0n) is 20.8. The van der Waals surface area contributed by atoms with Crippen LogP contribution in [0.2, 0.25) is 5.02 Å². The van der Waals surface area contributed by atoms with E-state index in [0.717, 1.165) is 37.3 Å². The van der Waals surface area contributed by atoms with Crippen molar-refractivity contribution in [2.75, 3.05) is 6.61 Å². The van der Waals surface area contributed by atoms with Crippen molar-refractivity contribution in [3.05, 3.63) is 46.8 Å². The van der Waals surface area contributed by atoms with Gasteiger partial charge in [0.2, 0.25) is 0 Å². The molecule has 1 aromatic heterocycles. The fraction of sp³-hybridized carbons (Fsp3) is 0.630. The monoisotopic (exact) mass is 515 g/mol. The molecule has 4 saturated carbocycles. The molecule has 4 aliphatic carbocycles. The Labute approximate surface area is 216 Å². The molecule has 1 atom stereocenters. The first kappa shape index (κ1) is 24.2. The number of carbonyl (C=O) groups excluding carboxylic acids is 1. The van der Waals surface area contributed by atoms with Crippen LogP contribution >= 0.6 is 11.6 Å². The van der Waals surface area contributed by atoms with Gasteiger partial charge in [0.15, 0.2) is 6.61 Å². The number of amides is 1. The number of nitrogens with one attached hydrogen (secondary N) is 3. The number of fused-ring (bicyclic) bond motifs is 1. The Bertz CT molecular complexity index is 1140. The third-order valence-electron chi connectivity index (χ3n) is 8.57. The molecule has 9 heteroatoms. The second-order valence-corrected chi connectivity index (χ2v) is 12.0. The highest BCUT2D eigenvalue weighted by molar-refractivity contribution is 6.30. The minimum absolute atomic E-state index is 0.0176. The maximum Gasteiger partial charge on any atom is 0.258 e. The van der Waals surface area contributed by atoms with Gasteiger partial charge in [-0.05, 0) is 51.2 Å². The molecule has 2 aromatic rings. The quantitative estimate of drug-likeness (QED) is 0.527. The van der Waals surface area contributed by atoms with Crippen molar-refractivity contribution < 1.29 is 13.9 Å². The third kappa shape index (κ3) is 4.52. The van der Waals surface area contributed by atoms with Crippen LogP contribution in [-0.2, 0) is 11.3 Å². The number of halogens is 2. The zero-order chi connectivity index (χ0) is 25.0. The molecule has 194 valence electrons. The lowest BCUT2D eigenvalue weighted by atomic mass is 9.44. The largest absolute Gasteiger partial charge is 0.484 e. The summed E-state index contributed by atoms with van der Waals surface area (Å²) in [4.78, 5) is 17.4. The van der Waals surface area contributed by atoms with Gasteiger partial charge in [-0.1, -0.05) is 43.7 Å². The number of carbonyl (C=O) groups is 1. The second kappa shape index (κ2) is 8.99. The molecule has 5 aliphatic rings. The van der Waals surface area contributed by atoms with Crippen LogP contribution in [0.15, 0.2) is 24.4 Å². The van der Waals surface area contributed by atoms with Gasteiger partial charge in [-0.3, -0.25) is 15.4 Å². The Morgan fingerprint density at radius 3 is 2.64 bits per heavy atom. The molecule has 4 fully saturated rings. The van der Waals surface area contributed by atoms with Crippen LogP contribution in [0.5, 0.6) is 5.75 Å². The van der Waals surface area contributed by atoms with E-state index in [1.165, 1.54) is 57.1 Å². The molecule has 2 heterocycles. The Balaban J connectivity index is 1.06. The van der Waals surface area contributed by atoms with Crippen LogP contribution in [0, 0.1) is 12.7 Å². The van der Waals surface area contributed by atoms with E-state index in [1.807, 2.05) is 0 Å². The normalized spacial score (nSPS) is 30.4. The van der Waals surface area contributed by atoms with E-state index < -0.39 is 5.82 Å². The molecule has 7 nitrogen and oxygen atoms in total. The van der Waals surface area contributed by atoms with Gasteiger partial charge in [-0.15, -0.1) is 0 Å². The number of imidazole rings is 1. The molecular formula is C27H35ClFN5O2. The van der Waals surface area contributed by atoms with Gasteiger partial charge in [0.25, 0.3) is 5.91 Å². The van der Waals surface area contributed by atoms with Crippen LogP contribution in [0.4, 0.5) is 4.39 Å². The molecular weight excluding hydrogens is 481 g/mol. The van der Waals surface area contributed by atoms with Gasteiger partial charge < -0.3 is 14.6 Å². The first-order valence-electron chi connectivity index (χ1n) is 13.2. The molecule has 3 N–H and O–H groups in total. The number of aryl methyl sites for hydroxylation is 1.